The predicted molar refractivity (Wildman–Crippen MR) is 160 cm³/mol. The highest BCUT2D eigenvalue weighted by molar-refractivity contribution is 5.79. The first-order valence-corrected chi connectivity index (χ1v) is 14.4. The van der Waals surface area contributed by atoms with Gasteiger partial charge in [-0.15, -0.1) is 10.2 Å². The Bertz CT molecular complexity index is 1350. The minimum Gasteiger partial charge on any atom is -0.355 e. The number of hydrogen-bond acceptors (Lipinski definition) is 5. The molecular weight excluding hydrogens is 494 g/mol. The average molecular weight is 532 g/mol. The van der Waals surface area contributed by atoms with Gasteiger partial charge in [-0.3, -0.25) is 9.69 Å². The maximum atomic E-state index is 13.5. The molecule has 6 heteroatoms. The van der Waals surface area contributed by atoms with Crippen LogP contribution in [0, 0.1) is 12.8 Å². The van der Waals surface area contributed by atoms with E-state index in [1.54, 1.807) is 0 Å². The van der Waals surface area contributed by atoms with Crippen LogP contribution < -0.4 is 4.90 Å². The van der Waals surface area contributed by atoms with Crippen molar-refractivity contribution in [3.8, 4) is 11.3 Å². The third kappa shape index (κ3) is 5.63. The van der Waals surface area contributed by atoms with E-state index in [0.717, 1.165) is 69.2 Å². The zero-order chi connectivity index (χ0) is 27.3. The van der Waals surface area contributed by atoms with Gasteiger partial charge in [0, 0.05) is 50.7 Å². The van der Waals surface area contributed by atoms with Gasteiger partial charge in [0.15, 0.2) is 5.82 Å². The van der Waals surface area contributed by atoms with Crippen molar-refractivity contribution in [3.05, 3.63) is 114 Å². The molecule has 1 amide bonds. The molecule has 204 valence electrons. The molecule has 6 nitrogen and oxygen atoms in total. The van der Waals surface area contributed by atoms with Crippen molar-refractivity contribution in [1.29, 1.82) is 0 Å². The summed E-state index contributed by atoms with van der Waals surface area (Å²) in [7, 11) is 0. The number of anilines is 1. The molecule has 2 aliphatic rings. The van der Waals surface area contributed by atoms with Gasteiger partial charge in [0.2, 0.25) is 5.91 Å². The van der Waals surface area contributed by atoms with E-state index in [1.165, 1.54) is 16.7 Å². The standard InChI is InChI=1S/C34H37N5O/c1-26-10-8-9-15-30(26)31-16-17-32(36-35-31)37-20-18-29(19-21-37)34(40)39-24-22-38(23-25-39)33(27-11-4-2-5-12-27)28-13-6-3-7-14-28/h2-17,29,33H,18-25H2,1H3. The molecule has 3 aromatic carbocycles. The van der Waals surface area contributed by atoms with Gasteiger partial charge in [0.05, 0.1) is 11.7 Å². The van der Waals surface area contributed by atoms with Gasteiger partial charge < -0.3 is 9.80 Å². The molecule has 0 unspecified atom stereocenters. The van der Waals surface area contributed by atoms with Crippen molar-refractivity contribution in [1.82, 2.24) is 20.0 Å². The van der Waals surface area contributed by atoms with E-state index < -0.39 is 0 Å². The van der Waals surface area contributed by atoms with Gasteiger partial charge in [-0.1, -0.05) is 84.9 Å². The van der Waals surface area contributed by atoms with Crippen LogP contribution in [-0.4, -0.2) is 65.2 Å². The lowest BCUT2D eigenvalue weighted by atomic mass is 9.94. The number of carbonyl (C=O) groups is 1. The van der Waals surface area contributed by atoms with E-state index in [4.69, 9.17) is 0 Å². The maximum Gasteiger partial charge on any atom is 0.225 e. The molecular formula is C34H37N5O. The summed E-state index contributed by atoms with van der Waals surface area (Å²) in [5.74, 6) is 1.29. The van der Waals surface area contributed by atoms with Crippen molar-refractivity contribution in [2.75, 3.05) is 44.2 Å². The van der Waals surface area contributed by atoms with E-state index in [2.05, 4.69) is 117 Å². The van der Waals surface area contributed by atoms with Crippen LogP contribution in [0.2, 0.25) is 0 Å². The smallest absolute Gasteiger partial charge is 0.225 e. The third-order valence-corrected chi connectivity index (χ3v) is 8.46. The SMILES string of the molecule is Cc1ccccc1-c1ccc(N2CCC(C(=O)N3CCN(C(c4ccccc4)c4ccccc4)CC3)CC2)nn1. The van der Waals surface area contributed by atoms with Gasteiger partial charge in [0.1, 0.15) is 0 Å². The van der Waals surface area contributed by atoms with Crippen LogP contribution in [0.4, 0.5) is 5.82 Å². The number of piperazine rings is 1. The summed E-state index contributed by atoms with van der Waals surface area (Å²) in [6, 6.07) is 34.0. The van der Waals surface area contributed by atoms with Crippen LogP contribution in [0.25, 0.3) is 11.3 Å². The molecule has 4 aromatic rings. The van der Waals surface area contributed by atoms with Crippen molar-refractivity contribution in [2.24, 2.45) is 5.92 Å². The number of piperidine rings is 1. The number of benzene rings is 3. The van der Waals surface area contributed by atoms with Crippen LogP contribution in [-0.2, 0) is 4.79 Å². The average Bonchev–Trinajstić information content (AvgIpc) is 3.03. The Morgan fingerprint density at radius 1 is 0.700 bits per heavy atom. The van der Waals surface area contributed by atoms with Crippen LogP contribution >= 0.6 is 0 Å². The second-order valence-electron chi connectivity index (χ2n) is 10.9. The van der Waals surface area contributed by atoms with Crippen molar-refractivity contribution >= 4 is 11.7 Å². The maximum absolute atomic E-state index is 13.5. The summed E-state index contributed by atoms with van der Waals surface area (Å²) < 4.78 is 0. The molecule has 0 N–H and O–H groups in total. The molecule has 2 saturated heterocycles. The van der Waals surface area contributed by atoms with Crippen LogP contribution in [0.15, 0.2) is 97.1 Å². The second kappa shape index (κ2) is 12.0. The molecule has 2 fully saturated rings. The number of amides is 1. The van der Waals surface area contributed by atoms with Crippen LogP contribution in [0.3, 0.4) is 0 Å². The Kier molecular flexibility index (Phi) is 7.87. The van der Waals surface area contributed by atoms with Gasteiger partial charge in [-0.05, 0) is 48.6 Å². The molecule has 40 heavy (non-hydrogen) atoms. The molecule has 1 aromatic heterocycles. The molecule has 3 heterocycles. The number of hydrogen-bond donors (Lipinski definition) is 0. The lowest BCUT2D eigenvalue weighted by Gasteiger charge is -2.41. The van der Waals surface area contributed by atoms with Crippen LogP contribution in [0.5, 0.6) is 0 Å². The topological polar surface area (TPSA) is 52.6 Å². The van der Waals surface area contributed by atoms with Gasteiger partial charge >= 0.3 is 0 Å². The van der Waals surface area contributed by atoms with E-state index in [9.17, 15) is 4.79 Å². The van der Waals surface area contributed by atoms with E-state index in [-0.39, 0.29) is 12.0 Å². The zero-order valence-electron chi connectivity index (χ0n) is 23.2. The summed E-state index contributed by atoms with van der Waals surface area (Å²) in [4.78, 5) is 20.4. The number of carbonyl (C=O) groups excluding carboxylic acids is 1. The fraction of sp³-hybridized carbons (Fsp3) is 0.324. The minimum atomic E-state index is 0.0843. The number of aryl methyl sites for hydroxylation is 1. The van der Waals surface area contributed by atoms with E-state index >= 15 is 0 Å². The van der Waals surface area contributed by atoms with Crippen LogP contribution in [0.1, 0.15) is 35.6 Å². The van der Waals surface area contributed by atoms with Crippen molar-refractivity contribution in [2.45, 2.75) is 25.8 Å². The summed E-state index contributed by atoms with van der Waals surface area (Å²) in [5, 5.41) is 9.04. The molecule has 2 aliphatic heterocycles. The molecule has 0 spiro atoms. The third-order valence-electron chi connectivity index (χ3n) is 8.46. The highest BCUT2D eigenvalue weighted by Crippen LogP contribution is 2.31. The fourth-order valence-electron chi connectivity index (χ4n) is 6.20. The molecule has 0 saturated carbocycles. The summed E-state index contributed by atoms with van der Waals surface area (Å²) in [6.45, 7) is 7.07. The number of nitrogens with zero attached hydrogens (tertiary/aromatic N) is 5. The quantitative estimate of drug-likeness (QED) is 0.324. The zero-order valence-corrected chi connectivity index (χ0v) is 23.2. The Balaban J connectivity index is 1.04. The fourth-order valence-corrected chi connectivity index (χ4v) is 6.20. The molecule has 0 bridgehead atoms. The van der Waals surface area contributed by atoms with Gasteiger partial charge in [0.25, 0.3) is 0 Å². The highest BCUT2D eigenvalue weighted by Gasteiger charge is 2.33. The molecule has 0 radical (unpaired) electrons. The van der Waals surface area contributed by atoms with Gasteiger partial charge in [-0.25, -0.2) is 0 Å². The largest absolute Gasteiger partial charge is 0.355 e. The van der Waals surface area contributed by atoms with Gasteiger partial charge in [-0.2, -0.15) is 0 Å². The van der Waals surface area contributed by atoms with E-state index in [1.807, 2.05) is 12.1 Å². The molecule has 0 aliphatic carbocycles. The Labute approximate surface area is 237 Å². The second-order valence-corrected chi connectivity index (χ2v) is 10.9. The Morgan fingerprint density at radius 3 is 1.88 bits per heavy atom. The first kappa shape index (κ1) is 26.2. The summed E-state index contributed by atoms with van der Waals surface area (Å²) >= 11 is 0. The molecule has 0 atom stereocenters. The molecule has 6 rings (SSSR count). The van der Waals surface area contributed by atoms with E-state index in [0.29, 0.717) is 5.91 Å². The number of rotatable bonds is 6. The Hall–Kier alpha value is -4.03. The lowest BCUT2D eigenvalue weighted by Crippen LogP contribution is -2.52. The minimum absolute atomic E-state index is 0.0843. The normalized spacial score (nSPS) is 16.9. The number of aromatic nitrogens is 2. The first-order valence-electron chi connectivity index (χ1n) is 14.4. The van der Waals surface area contributed by atoms with Crippen molar-refractivity contribution < 1.29 is 4.79 Å². The van der Waals surface area contributed by atoms with Crippen molar-refractivity contribution in [3.63, 3.8) is 0 Å². The highest BCUT2D eigenvalue weighted by atomic mass is 16.2. The first-order chi connectivity index (χ1) is 19.7. The summed E-state index contributed by atoms with van der Waals surface area (Å²) in [5.41, 5.74) is 5.81. The monoisotopic (exact) mass is 531 g/mol. The summed E-state index contributed by atoms with van der Waals surface area (Å²) in [6.07, 6.45) is 1.72. The predicted octanol–water partition coefficient (Wildman–Crippen LogP) is 5.60. The lowest BCUT2D eigenvalue weighted by molar-refractivity contribution is -0.138. The Morgan fingerprint density at radius 2 is 1.30 bits per heavy atom.